The molecular formula is C19H21N3O3. The average molecular weight is 339 g/mol. The molecule has 1 heterocycles. The second-order valence-corrected chi connectivity index (χ2v) is 6.20. The Kier molecular flexibility index (Phi) is 4.44. The molecule has 2 unspecified atom stereocenters. The fourth-order valence-electron chi connectivity index (χ4n) is 3.18. The highest BCUT2D eigenvalue weighted by Gasteiger charge is 2.25. The highest BCUT2D eigenvalue weighted by Crippen LogP contribution is 2.29. The zero-order valence-corrected chi connectivity index (χ0v) is 14.5. The van der Waals surface area contributed by atoms with E-state index in [1.54, 1.807) is 29.8 Å². The number of hydrogen-bond acceptors (Lipinski definition) is 5. The lowest BCUT2D eigenvalue weighted by molar-refractivity contribution is 0.0515. The summed E-state index contributed by atoms with van der Waals surface area (Å²) in [4.78, 5) is 25.0. The first-order valence-electron chi connectivity index (χ1n) is 8.28. The number of fused-ring (bicyclic) bond motifs is 1. The number of carbonyl (C=O) groups is 1. The first-order chi connectivity index (χ1) is 11.9. The molecule has 2 aromatic rings. The summed E-state index contributed by atoms with van der Waals surface area (Å²) in [6.07, 6.45) is 6.16. The van der Waals surface area contributed by atoms with Gasteiger partial charge in [-0.05, 0) is 26.0 Å². The van der Waals surface area contributed by atoms with Crippen LogP contribution in [-0.2, 0) is 4.74 Å². The van der Waals surface area contributed by atoms with E-state index < -0.39 is 11.4 Å². The summed E-state index contributed by atoms with van der Waals surface area (Å²) in [6, 6.07) is 5.09. The van der Waals surface area contributed by atoms with Gasteiger partial charge in [0.25, 0.3) is 0 Å². The van der Waals surface area contributed by atoms with Gasteiger partial charge in [0.1, 0.15) is 0 Å². The predicted molar refractivity (Wildman–Crippen MR) is 97.5 cm³/mol. The van der Waals surface area contributed by atoms with Gasteiger partial charge in [-0.1, -0.05) is 36.8 Å². The molecule has 1 aromatic carbocycles. The van der Waals surface area contributed by atoms with Gasteiger partial charge in [-0.3, -0.25) is 9.48 Å². The van der Waals surface area contributed by atoms with Crippen molar-refractivity contribution < 1.29 is 9.53 Å². The summed E-state index contributed by atoms with van der Waals surface area (Å²) in [5.74, 6) is -0.578. The van der Waals surface area contributed by atoms with Crippen molar-refractivity contribution in [2.75, 3.05) is 12.3 Å². The third-order valence-corrected chi connectivity index (χ3v) is 4.34. The quantitative estimate of drug-likeness (QED) is 0.686. The van der Waals surface area contributed by atoms with E-state index in [9.17, 15) is 9.59 Å². The Morgan fingerprint density at radius 2 is 2.16 bits per heavy atom. The smallest absolute Gasteiger partial charge is 0.362 e. The van der Waals surface area contributed by atoms with Crippen LogP contribution >= 0.6 is 0 Å². The van der Waals surface area contributed by atoms with Gasteiger partial charge in [0.15, 0.2) is 0 Å². The molecule has 130 valence electrons. The number of ether oxygens (including phenoxy) is 1. The van der Waals surface area contributed by atoms with Gasteiger partial charge >= 0.3 is 5.97 Å². The van der Waals surface area contributed by atoms with Gasteiger partial charge in [0.2, 0.25) is 11.1 Å². The summed E-state index contributed by atoms with van der Waals surface area (Å²) < 4.78 is 6.70. The lowest BCUT2D eigenvalue weighted by Gasteiger charge is -2.26. The van der Waals surface area contributed by atoms with Crippen LogP contribution in [0.3, 0.4) is 0 Å². The molecule has 1 aliphatic carbocycles. The number of rotatable bonds is 3. The molecule has 0 aliphatic heterocycles. The Balaban J connectivity index is 2.30. The molecule has 0 saturated carbocycles. The number of nitrogens with zero attached hydrogens (tertiary/aromatic N) is 2. The summed E-state index contributed by atoms with van der Waals surface area (Å²) in [6.45, 7) is 5.96. The van der Waals surface area contributed by atoms with Crippen molar-refractivity contribution in [2.45, 2.75) is 26.8 Å². The average Bonchev–Trinajstić information content (AvgIpc) is 2.56. The number of hydrogen-bond donors (Lipinski definition) is 1. The van der Waals surface area contributed by atoms with E-state index in [-0.39, 0.29) is 24.3 Å². The maximum Gasteiger partial charge on any atom is 0.362 e. The standard InChI is InChI=1S/C19H21N3O3/c1-4-25-19(24)17-18(23)16-13(20)6-5-7-15(16)22(21-17)14-9-8-11(2)10-12(14)3/h5-10,12,14H,4,20H2,1-3H3. The molecule has 2 atom stereocenters. The zero-order chi connectivity index (χ0) is 18.1. The summed E-state index contributed by atoms with van der Waals surface area (Å²) in [7, 11) is 0. The SMILES string of the molecule is CCOC(=O)c1nn(C2C=CC(C)=CC2C)c2cccc(N)c2c1=O. The molecule has 0 radical (unpaired) electrons. The molecule has 6 nitrogen and oxygen atoms in total. The fraction of sp³-hybridized carbons (Fsp3) is 0.316. The Morgan fingerprint density at radius 1 is 1.40 bits per heavy atom. The van der Waals surface area contributed by atoms with E-state index in [2.05, 4.69) is 18.1 Å². The number of carbonyl (C=O) groups excluding carboxylic acids is 1. The van der Waals surface area contributed by atoms with Gasteiger partial charge in [-0.25, -0.2) is 4.79 Å². The zero-order valence-electron chi connectivity index (χ0n) is 14.5. The molecule has 1 aliphatic rings. The van der Waals surface area contributed by atoms with Gasteiger partial charge in [-0.15, -0.1) is 0 Å². The molecule has 0 bridgehead atoms. The van der Waals surface area contributed by atoms with E-state index in [0.717, 1.165) is 0 Å². The van der Waals surface area contributed by atoms with Crippen LogP contribution in [0.1, 0.15) is 37.3 Å². The van der Waals surface area contributed by atoms with Crippen LogP contribution < -0.4 is 11.2 Å². The topological polar surface area (TPSA) is 87.2 Å². The minimum absolute atomic E-state index is 0.123. The maximum atomic E-state index is 12.7. The fourth-order valence-corrected chi connectivity index (χ4v) is 3.18. The molecule has 0 amide bonds. The number of nitrogens with two attached hydrogens (primary N) is 1. The van der Waals surface area contributed by atoms with Gasteiger partial charge in [0, 0.05) is 11.6 Å². The van der Waals surface area contributed by atoms with Crippen LogP contribution in [0.2, 0.25) is 0 Å². The van der Waals surface area contributed by atoms with Crippen molar-refractivity contribution in [3.8, 4) is 0 Å². The molecule has 0 fully saturated rings. The largest absolute Gasteiger partial charge is 0.461 e. The summed E-state index contributed by atoms with van der Waals surface area (Å²) in [5.41, 5.74) is 7.39. The van der Waals surface area contributed by atoms with Crippen LogP contribution in [0.25, 0.3) is 10.9 Å². The second kappa shape index (κ2) is 6.55. The molecular weight excluding hydrogens is 318 g/mol. The monoisotopic (exact) mass is 339 g/mol. The minimum atomic E-state index is -0.731. The van der Waals surface area contributed by atoms with Crippen LogP contribution in [-0.4, -0.2) is 22.4 Å². The molecule has 1 aromatic heterocycles. The minimum Gasteiger partial charge on any atom is -0.461 e. The number of esters is 1. The maximum absolute atomic E-state index is 12.7. The van der Waals surface area contributed by atoms with Gasteiger partial charge in [-0.2, -0.15) is 5.10 Å². The van der Waals surface area contributed by atoms with Crippen molar-refractivity contribution in [3.05, 3.63) is 57.9 Å². The van der Waals surface area contributed by atoms with E-state index >= 15 is 0 Å². The molecule has 3 rings (SSSR count). The van der Waals surface area contributed by atoms with E-state index in [1.165, 1.54) is 5.57 Å². The van der Waals surface area contributed by atoms with Crippen molar-refractivity contribution >= 4 is 22.6 Å². The second-order valence-electron chi connectivity index (χ2n) is 6.20. The van der Waals surface area contributed by atoms with Crippen molar-refractivity contribution in [3.63, 3.8) is 0 Å². The molecule has 0 spiro atoms. The van der Waals surface area contributed by atoms with E-state index in [4.69, 9.17) is 10.5 Å². The van der Waals surface area contributed by atoms with Crippen LogP contribution in [0.4, 0.5) is 5.69 Å². The molecule has 2 N–H and O–H groups in total. The third-order valence-electron chi connectivity index (χ3n) is 4.34. The lowest BCUT2D eigenvalue weighted by atomic mass is 9.93. The van der Waals surface area contributed by atoms with Gasteiger partial charge < -0.3 is 10.5 Å². The van der Waals surface area contributed by atoms with Crippen molar-refractivity contribution in [1.29, 1.82) is 0 Å². The Morgan fingerprint density at radius 3 is 2.84 bits per heavy atom. The van der Waals surface area contributed by atoms with Gasteiger partial charge in [0.05, 0.1) is 23.6 Å². The number of allylic oxidation sites excluding steroid dienone is 4. The lowest BCUT2D eigenvalue weighted by Crippen LogP contribution is -2.28. The predicted octanol–water partition coefficient (Wildman–Crippen LogP) is 2.85. The number of nitrogen functional groups attached to an aromatic ring is 1. The van der Waals surface area contributed by atoms with Crippen molar-refractivity contribution in [2.24, 2.45) is 5.92 Å². The molecule has 0 saturated heterocycles. The van der Waals surface area contributed by atoms with E-state index in [1.807, 2.05) is 19.1 Å². The first kappa shape index (κ1) is 17.0. The summed E-state index contributed by atoms with van der Waals surface area (Å²) >= 11 is 0. The molecule has 6 heteroatoms. The van der Waals surface area contributed by atoms with Crippen LogP contribution in [0.15, 0.2) is 46.8 Å². The van der Waals surface area contributed by atoms with Crippen LogP contribution in [0.5, 0.6) is 0 Å². The summed E-state index contributed by atoms with van der Waals surface area (Å²) in [5, 5.41) is 4.65. The number of aromatic nitrogens is 2. The highest BCUT2D eigenvalue weighted by atomic mass is 16.5. The normalized spacial score (nSPS) is 19.7. The first-order valence-corrected chi connectivity index (χ1v) is 8.28. The highest BCUT2D eigenvalue weighted by molar-refractivity contribution is 5.96. The Hall–Kier alpha value is -2.89. The van der Waals surface area contributed by atoms with Crippen molar-refractivity contribution in [1.82, 2.24) is 9.78 Å². The van der Waals surface area contributed by atoms with Crippen LogP contribution in [0, 0.1) is 5.92 Å². The molecule has 25 heavy (non-hydrogen) atoms. The Bertz CT molecular complexity index is 956. The van der Waals surface area contributed by atoms with E-state index in [0.29, 0.717) is 16.6 Å². The number of benzene rings is 1. The third kappa shape index (κ3) is 2.95. The number of anilines is 1. The Labute approximate surface area is 145 Å².